The van der Waals surface area contributed by atoms with E-state index in [1.165, 1.54) is 50.6 Å². The monoisotopic (exact) mass is 515 g/mol. The number of amides is 1. The largest absolute Gasteiger partial charge is 0.497 e. The maximum absolute atomic E-state index is 12.7. The molecule has 190 valence electrons. The van der Waals surface area contributed by atoms with Crippen LogP contribution >= 0.6 is 0 Å². The standard InChI is InChI=1S/C24H25N3O8S/c1-15-5-6-16(12-21(15)27(29)30)24(28)25-18-7-9-20(26-36(4,31)32)23(13-18)35-14-17-11-19(33-2)8-10-22(17)34-3/h5-13,26H,14H2,1-4H3,(H,25,28). The third-order valence-corrected chi connectivity index (χ3v) is 5.66. The number of benzene rings is 3. The van der Waals surface area contributed by atoms with E-state index < -0.39 is 20.9 Å². The van der Waals surface area contributed by atoms with Crippen molar-refractivity contribution in [3.63, 3.8) is 0 Å². The number of anilines is 2. The lowest BCUT2D eigenvalue weighted by Gasteiger charge is -2.16. The van der Waals surface area contributed by atoms with E-state index >= 15 is 0 Å². The van der Waals surface area contributed by atoms with Crippen LogP contribution in [0.2, 0.25) is 0 Å². The third kappa shape index (κ3) is 6.63. The summed E-state index contributed by atoms with van der Waals surface area (Å²) in [6.45, 7) is 1.58. The molecule has 0 fully saturated rings. The molecule has 12 heteroatoms. The van der Waals surface area contributed by atoms with Crippen molar-refractivity contribution in [1.82, 2.24) is 0 Å². The second-order valence-corrected chi connectivity index (χ2v) is 9.51. The molecule has 0 radical (unpaired) electrons. The number of carbonyl (C=O) groups excluding carboxylic acids is 1. The van der Waals surface area contributed by atoms with Gasteiger partial charge in [0.15, 0.2) is 0 Å². The minimum Gasteiger partial charge on any atom is -0.497 e. The van der Waals surface area contributed by atoms with E-state index in [1.54, 1.807) is 25.1 Å². The number of carbonyl (C=O) groups is 1. The van der Waals surface area contributed by atoms with Gasteiger partial charge in [0.25, 0.3) is 11.6 Å². The molecule has 0 spiro atoms. The van der Waals surface area contributed by atoms with Gasteiger partial charge >= 0.3 is 0 Å². The van der Waals surface area contributed by atoms with Gasteiger partial charge in [-0.1, -0.05) is 6.07 Å². The summed E-state index contributed by atoms with van der Waals surface area (Å²) in [5, 5.41) is 13.9. The van der Waals surface area contributed by atoms with Gasteiger partial charge in [0, 0.05) is 34.5 Å². The summed E-state index contributed by atoms with van der Waals surface area (Å²) in [6, 6.07) is 13.7. The average molecular weight is 516 g/mol. The minimum atomic E-state index is -3.63. The van der Waals surface area contributed by atoms with Crippen LogP contribution in [0.15, 0.2) is 54.6 Å². The fourth-order valence-corrected chi connectivity index (χ4v) is 3.87. The van der Waals surface area contributed by atoms with E-state index in [9.17, 15) is 23.3 Å². The quantitative estimate of drug-likeness (QED) is 0.303. The first kappa shape index (κ1) is 26.3. The highest BCUT2D eigenvalue weighted by molar-refractivity contribution is 7.92. The van der Waals surface area contributed by atoms with Crippen molar-refractivity contribution < 1.29 is 32.3 Å². The Balaban J connectivity index is 1.90. The number of methoxy groups -OCH3 is 2. The fraction of sp³-hybridized carbons (Fsp3) is 0.208. The number of hydrogen-bond acceptors (Lipinski definition) is 8. The Labute approximate surface area is 208 Å². The lowest BCUT2D eigenvalue weighted by Crippen LogP contribution is -2.14. The van der Waals surface area contributed by atoms with Gasteiger partial charge in [-0.05, 0) is 43.3 Å². The minimum absolute atomic E-state index is 0.000369. The summed E-state index contributed by atoms with van der Waals surface area (Å²) in [5.41, 5.74) is 1.43. The Morgan fingerprint density at radius 2 is 1.75 bits per heavy atom. The zero-order chi connectivity index (χ0) is 26.5. The Hall–Kier alpha value is -4.32. The fourth-order valence-electron chi connectivity index (χ4n) is 3.30. The second-order valence-electron chi connectivity index (χ2n) is 7.76. The summed E-state index contributed by atoms with van der Waals surface area (Å²) < 4.78 is 42.6. The molecule has 11 nitrogen and oxygen atoms in total. The molecule has 3 rings (SSSR count). The van der Waals surface area contributed by atoms with Gasteiger partial charge < -0.3 is 19.5 Å². The molecule has 0 aliphatic heterocycles. The summed E-state index contributed by atoms with van der Waals surface area (Å²) >= 11 is 0. The van der Waals surface area contributed by atoms with Crippen molar-refractivity contribution in [2.75, 3.05) is 30.5 Å². The molecule has 2 N–H and O–H groups in total. The van der Waals surface area contributed by atoms with Crippen LogP contribution < -0.4 is 24.2 Å². The number of aryl methyl sites for hydroxylation is 1. The number of nitrogens with one attached hydrogen (secondary N) is 2. The number of nitrogens with zero attached hydrogens (tertiary/aromatic N) is 1. The molecule has 36 heavy (non-hydrogen) atoms. The second kappa shape index (κ2) is 11.0. The SMILES string of the molecule is COc1ccc(OC)c(COc2cc(NC(=O)c3ccc(C)c([N+](=O)[O-])c3)ccc2NS(C)(=O)=O)c1. The molecule has 0 saturated carbocycles. The van der Waals surface area contributed by atoms with E-state index in [-0.39, 0.29) is 35.0 Å². The van der Waals surface area contributed by atoms with Crippen LogP contribution in [0, 0.1) is 17.0 Å². The molecular formula is C24H25N3O8S. The highest BCUT2D eigenvalue weighted by atomic mass is 32.2. The third-order valence-electron chi connectivity index (χ3n) is 5.07. The number of ether oxygens (including phenoxy) is 3. The topological polar surface area (TPSA) is 146 Å². The predicted molar refractivity (Wildman–Crippen MR) is 135 cm³/mol. The first-order valence-corrected chi connectivity index (χ1v) is 12.4. The number of sulfonamides is 1. The van der Waals surface area contributed by atoms with E-state index in [2.05, 4.69) is 10.0 Å². The molecule has 0 saturated heterocycles. The van der Waals surface area contributed by atoms with Gasteiger partial charge in [-0.3, -0.25) is 19.6 Å². The van der Waals surface area contributed by atoms with Gasteiger partial charge in [-0.25, -0.2) is 8.42 Å². The molecule has 3 aromatic rings. The van der Waals surface area contributed by atoms with Crippen LogP contribution in [0.25, 0.3) is 0 Å². The van der Waals surface area contributed by atoms with Crippen molar-refractivity contribution in [1.29, 1.82) is 0 Å². The van der Waals surface area contributed by atoms with Crippen molar-refractivity contribution >= 4 is 33.0 Å². The van der Waals surface area contributed by atoms with Crippen molar-refractivity contribution in [3.8, 4) is 17.2 Å². The average Bonchev–Trinajstić information content (AvgIpc) is 2.82. The number of nitro benzene ring substituents is 1. The molecule has 0 atom stereocenters. The van der Waals surface area contributed by atoms with E-state index in [0.29, 0.717) is 22.6 Å². The number of nitro groups is 1. The Bertz CT molecular complexity index is 1410. The van der Waals surface area contributed by atoms with Crippen molar-refractivity contribution in [2.45, 2.75) is 13.5 Å². The molecular weight excluding hydrogens is 490 g/mol. The molecule has 1 amide bonds. The molecule has 0 aliphatic rings. The summed E-state index contributed by atoms with van der Waals surface area (Å²) in [6.07, 6.45) is 1.00. The van der Waals surface area contributed by atoms with Crippen LogP contribution in [0.5, 0.6) is 17.2 Å². The summed E-state index contributed by atoms with van der Waals surface area (Å²) in [7, 11) is -0.597. The van der Waals surface area contributed by atoms with Crippen LogP contribution in [-0.4, -0.2) is 39.7 Å². The first-order valence-electron chi connectivity index (χ1n) is 10.5. The lowest BCUT2D eigenvalue weighted by molar-refractivity contribution is -0.385. The Morgan fingerprint density at radius 1 is 1.00 bits per heavy atom. The van der Waals surface area contributed by atoms with Crippen LogP contribution in [0.3, 0.4) is 0 Å². The van der Waals surface area contributed by atoms with E-state index in [1.807, 2.05) is 0 Å². The van der Waals surface area contributed by atoms with Crippen molar-refractivity contribution in [2.24, 2.45) is 0 Å². The van der Waals surface area contributed by atoms with Gasteiger partial charge in [-0.15, -0.1) is 0 Å². The maximum Gasteiger partial charge on any atom is 0.273 e. The van der Waals surface area contributed by atoms with E-state index in [4.69, 9.17) is 14.2 Å². The summed E-state index contributed by atoms with van der Waals surface area (Å²) in [5.74, 6) is 0.677. The van der Waals surface area contributed by atoms with Gasteiger partial charge in [0.1, 0.15) is 23.9 Å². The number of rotatable bonds is 10. The summed E-state index contributed by atoms with van der Waals surface area (Å²) in [4.78, 5) is 23.4. The molecule has 3 aromatic carbocycles. The smallest absolute Gasteiger partial charge is 0.273 e. The van der Waals surface area contributed by atoms with E-state index in [0.717, 1.165) is 6.26 Å². The molecule has 0 unspecified atom stereocenters. The normalized spacial score (nSPS) is 10.9. The van der Waals surface area contributed by atoms with Gasteiger partial charge in [0.2, 0.25) is 10.0 Å². The van der Waals surface area contributed by atoms with Crippen LogP contribution in [0.1, 0.15) is 21.5 Å². The van der Waals surface area contributed by atoms with Crippen LogP contribution in [-0.2, 0) is 16.6 Å². The predicted octanol–water partition coefficient (Wildman–Crippen LogP) is 4.12. The highest BCUT2D eigenvalue weighted by Crippen LogP contribution is 2.32. The van der Waals surface area contributed by atoms with Gasteiger partial charge in [-0.2, -0.15) is 0 Å². The maximum atomic E-state index is 12.7. The zero-order valence-corrected chi connectivity index (χ0v) is 20.8. The Kier molecular flexibility index (Phi) is 8.00. The molecule has 0 heterocycles. The van der Waals surface area contributed by atoms with Gasteiger partial charge in [0.05, 0.1) is 31.1 Å². The molecule has 0 aromatic heterocycles. The number of hydrogen-bond donors (Lipinski definition) is 2. The molecule has 0 bridgehead atoms. The van der Waals surface area contributed by atoms with Crippen LogP contribution in [0.4, 0.5) is 17.1 Å². The zero-order valence-electron chi connectivity index (χ0n) is 20.0. The first-order chi connectivity index (χ1) is 17.0. The molecule has 0 aliphatic carbocycles. The highest BCUT2D eigenvalue weighted by Gasteiger charge is 2.17. The Morgan fingerprint density at radius 3 is 2.39 bits per heavy atom. The lowest BCUT2D eigenvalue weighted by atomic mass is 10.1. The van der Waals surface area contributed by atoms with Crippen molar-refractivity contribution in [3.05, 3.63) is 81.4 Å².